The van der Waals surface area contributed by atoms with E-state index in [2.05, 4.69) is 20.3 Å². The van der Waals surface area contributed by atoms with Gasteiger partial charge in [-0.1, -0.05) is 6.07 Å². The van der Waals surface area contributed by atoms with Crippen LogP contribution in [0.1, 0.15) is 31.5 Å². The molecular formula is C19H26N4O5S2. The molecule has 2 amide bonds. The SMILES string of the molecule is Cc1nc(CC(=O)Nc2cccc(S(=O)(=O)NCCNC(=O)OC(C)(C)C)c2)cs1. The Hall–Kier alpha value is -2.50. The summed E-state index contributed by atoms with van der Waals surface area (Å²) >= 11 is 1.46. The van der Waals surface area contributed by atoms with E-state index < -0.39 is 21.7 Å². The van der Waals surface area contributed by atoms with Crippen LogP contribution in [0.4, 0.5) is 10.5 Å². The van der Waals surface area contributed by atoms with Crippen LogP contribution in [0.2, 0.25) is 0 Å². The fourth-order valence-corrected chi connectivity index (χ4v) is 4.04. The third-order valence-electron chi connectivity index (χ3n) is 3.52. The van der Waals surface area contributed by atoms with Crippen molar-refractivity contribution in [1.82, 2.24) is 15.0 Å². The number of aryl methyl sites for hydroxylation is 1. The molecule has 1 aromatic heterocycles. The van der Waals surface area contributed by atoms with Crippen LogP contribution in [0.3, 0.4) is 0 Å². The maximum Gasteiger partial charge on any atom is 0.407 e. The van der Waals surface area contributed by atoms with Gasteiger partial charge in [-0.3, -0.25) is 4.79 Å². The summed E-state index contributed by atoms with van der Waals surface area (Å²) in [5, 5.41) is 7.84. The Labute approximate surface area is 180 Å². The van der Waals surface area contributed by atoms with Crippen LogP contribution < -0.4 is 15.4 Å². The molecule has 0 spiro atoms. The van der Waals surface area contributed by atoms with Crippen molar-refractivity contribution in [2.24, 2.45) is 0 Å². The fourth-order valence-electron chi connectivity index (χ4n) is 2.35. The van der Waals surface area contributed by atoms with E-state index in [1.807, 2.05) is 12.3 Å². The maximum absolute atomic E-state index is 12.5. The summed E-state index contributed by atoms with van der Waals surface area (Å²) in [5.74, 6) is -0.288. The van der Waals surface area contributed by atoms with Crippen LogP contribution in [-0.2, 0) is 26.0 Å². The van der Waals surface area contributed by atoms with Gasteiger partial charge < -0.3 is 15.4 Å². The van der Waals surface area contributed by atoms with E-state index >= 15 is 0 Å². The van der Waals surface area contributed by atoms with Crippen molar-refractivity contribution in [3.63, 3.8) is 0 Å². The average Bonchev–Trinajstić information content (AvgIpc) is 3.02. The first-order valence-electron chi connectivity index (χ1n) is 9.22. The molecule has 11 heteroatoms. The van der Waals surface area contributed by atoms with Gasteiger partial charge in [0, 0.05) is 24.2 Å². The molecule has 0 aliphatic carbocycles. The quantitative estimate of drug-likeness (QED) is 0.526. The topological polar surface area (TPSA) is 126 Å². The predicted molar refractivity (Wildman–Crippen MR) is 115 cm³/mol. The molecular weight excluding hydrogens is 428 g/mol. The van der Waals surface area contributed by atoms with E-state index in [0.29, 0.717) is 11.4 Å². The monoisotopic (exact) mass is 454 g/mol. The molecule has 1 aromatic carbocycles. The Morgan fingerprint density at radius 2 is 1.93 bits per heavy atom. The Balaban J connectivity index is 1.88. The summed E-state index contributed by atoms with van der Waals surface area (Å²) < 4.78 is 32.4. The van der Waals surface area contributed by atoms with Gasteiger partial charge in [-0.15, -0.1) is 11.3 Å². The first kappa shape index (κ1) is 23.8. The number of carbonyl (C=O) groups excluding carboxylic acids is 2. The van der Waals surface area contributed by atoms with Crippen molar-refractivity contribution in [3.8, 4) is 0 Å². The molecule has 0 aliphatic rings. The number of benzene rings is 1. The highest BCUT2D eigenvalue weighted by atomic mass is 32.2. The normalized spacial score (nSPS) is 11.7. The second-order valence-electron chi connectivity index (χ2n) is 7.44. The van der Waals surface area contributed by atoms with E-state index in [4.69, 9.17) is 4.74 Å². The molecule has 0 fully saturated rings. The van der Waals surface area contributed by atoms with Crippen molar-refractivity contribution < 1.29 is 22.7 Å². The number of thiazole rings is 1. The van der Waals surface area contributed by atoms with Gasteiger partial charge in [-0.25, -0.2) is 22.9 Å². The van der Waals surface area contributed by atoms with Gasteiger partial charge in [0.2, 0.25) is 15.9 Å². The molecule has 0 aliphatic heterocycles. The van der Waals surface area contributed by atoms with Gasteiger partial charge in [0.1, 0.15) is 5.60 Å². The van der Waals surface area contributed by atoms with Gasteiger partial charge in [0.05, 0.1) is 22.0 Å². The number of hydrogen-bond donors (Lipinski definition) is 3. The molecule has 164 valence electrons. The minimum Gasteiger partial charge on any atom is -0.444 e. The van der Waals surface area contributed by atoms with Crippen LogP contribution >= 0.6 is 11.3 Å². The lowest BCUT2D eigenvalue weighted by Gasteiger charge is -2.19. The second kappa shape index (κ2) is 10.0. The van der Waals surface area contributed by atoms with E-state index in [1.165, 1.54) is 29.5 Å². The molecule has 9 nitrogen and oxygen atoms in total. The number of ether oxygens (including phenoxy) is 1. The Morgan fingerprint density at radius 1 is 1.20 bits per heavy atom. The third kappa shape index (κ3) is 8.09. The number of carbonyl (C=O) groups is 2. The zero-order valence-electron chi connectivity index (χ0n) is 17.3. The van der Waals surface area contributed by atoms with Crippen LogP contribution in [-0.4, -0.2) is 44.1 Å². The fraction of sp³-hybridized carbons (Fsp3) is 0.421. The summed E-state index contributed by atoms with van der Waals surface area (Å²) in [6.45, 7) is 7.12. The Morgan fingerprint density at radius 3 is 2.57 bits per heavy atom. The molecule has 0 atom stereocenters. The van der Waals surface area contributed by atoms with Crippen LogP contribution in [0.15, 0.2) is 34.5 Å². The highest BCUT2D eigenvalue weighted by molar-refractivity contribution is 7.89. The minimum atomic E-state index is -3.81. The first-order chi connectivity index (χ1) is 13.9. The summed E-state index contributed by atoms with van der Waals surface area (Å²) in [7, 11) is -3.81. The third-order valence-corrected chi connectivity index (χ3v) is 5.80. The zero-order valence-corrected chi connectivity index (χ0v) is 18.9. The number of nitrogens with one attached hydrogen (secondary N) is 3. The largest absolute Gasteiger partial charge is 0.444 e. The second-order valence-corrected chi connectivity index (χ2v) is 10.3. The molecule has 3 N–H and O–H groups in total. The van der Waals surface area contributed by atoms with Crippen LogP contribution in [0.5, 0.6) is 0 Å². The molecule has 0 unspecified atom stereocenters. The Bertz CT molecular complexity index is 996. The lowest BCUT2D eigenvalue weighted by molar-refractivity contribution is -0.115. The van der Waals surface area contributed by atoms with Crippen LogP contribution in [0.25, 0.3) is 0 Å². The minimum absolute atomic E-state index is 0.00192. The van der Waals surface area contributed by atoms with Crippen molar-refractivity contribution >= 4 is 39.0 Å². The van der Waals surface area contributed by atoms with E-state index in [-0.39, 0.29) is 30.3 Å². The lowest BCUT2D eigenvalue weighted by Crippen LogP contribution is -2.37. The van der Waals surface area contributed by atoms with E-state index in [1.54, 1.807) is 26.8 Å². The summed E-state index contributed by atoms with van der Waals surface area (Å²) in [5.41, 5.74) is 0.395. The van der Waals surface area contributed by atoms with Gasteiger partial charge >= 0.3 is 6.09 Å². The zero-order chi connectivity index (χ0) is 22.4. The molecule has 0 bridgehead atoms. The maximum atomic E-state index is 12.5. The number of anilines is 1. The lowest BCUT2D eigenvalue weighted by atomic mass is 10.2. The van der Waals surface area contributed by atoms with Gasteiger partial charge in [0.15, 0.2) is 0 Å². The molecule has 30 heavy (non-hydrogen) atoms. The van der Waals surface area contributed by atoms with Crippen LogP contribution in [0, 0.1) is 6.92 Å². The predicted octanol–water partition coefficient (Wildman–Crippen LogP) is 2.44. The molecule has 0 radical (unpaired) electrons. The number of amides is 2. The average molecular weight is 455 g/mol. The molecule has 2 rings (SSSR count). The van der Waals surface area contributed by atoms with Crippen molar-refractivity contribution in [2.75, 3.05) is 18.4 Å². The molecule has 1 heterocycles. The van der Waals surface area contributed by atoms with E-state index in [0.717, 1.165) is 5.01 Å². The highest BCUT2D eigenvalue weighted by Gasteiger charge is 2.17. The molecule has 0 saturated carbocycles. The standard InChI is InChI=1S/C19H26N4O5S2/c1-13-22-15(12-29-13)11-17(24)23-14-6-5-7-16(10-14)30(26,27)21-9-8-20-18(25)28-19(2,3)4/h5-7,10,12,21H,8-9,11H2,1-4H3,(H,20,25)(H,23,24). The highest BCUT2D eigenvalue weighted by Crippen LogP contribution is 2.16. The number of aromatic nitrogens is 1. The summed E-state index contributed by atoms with van der Waals surface area (Å²) in [4.78, 5) is 28.0. The summed E-state index contributed by atoms with van der Waals surface area (Å²) in [6, 6.07) is 5.93. The number of nitrogens with zero attached hydrogens (tertiary/aromatic N) is 1. The van der Waals surface area contributed by atoms with Crippen molar-refractivity contribution in [2.45, 2.75) is 44.6 Å². The van der Waals surface area contributed by atoms with E-state index in [9.17, 15) is 18.0 Å². The van der Waals surface area contributed by atoms with Crippen molar-refractivity contribution in [1.29, 1.82) is 0 Å². The molecule has 2 aromatic rings. The molecule has 0 saturated heterocycles. The van der Waals surface area contributed by atoms with Gasteiger partial charge in [0.25, 0.3) is 0 Å². The van der Waals surface area contributed by atoms with Gasteiger partial charge in [-0.05, 0) is 45.9 Å². The number of hydrogen-bond acceptors (Lipinski definition) is 7. The Kier molecular flexibility index (Phi) is 7.93. The first-order valence-corrected chi connectivity index (χ1v) is 11.6. The van der Waals surface area contributed by atoms with Crippen molar-refractivity contribution in [3.05, 3.63) is 40.3 Å². The number of alkyl carbamates (subject to hydrolysis) is 1. The summed E-state index contributed by atoms with van der Waals surface area (Å²) in [6.07, 6.45) is -0.516. The number of sulfonamides is 1. The smallest absolute Gasteiger partial charge is 0.407 e. The number of rotatable bonds is 8. The van der Waals surface area contributed by atoms with Gasteiger partial charge in [-0.2, -0.15) is 0 Å².